The van der Waals surface area contributed by atoms with Crippen LogP contribution in [0.25, 0.3) is 0 Å². The average Bonchev–Trinajstić information content (AvgIpc) is 2.38. The number of carbonyl (C=O) groups excluding carboxylic acids is 1. The first kappa shape index (κ1) is 15.2. The number of likely N-dealkylation sites (N-methyl/N-ethyl adjacent to an activating group) is 2. The van der Waals surface area contributed by atoms with Crippen LogP contribution in [0.5, 0.6) is 0 Å². The topological polar surface area (TPSA) is 84.1 Å². The van der Waals surface area contributed by atoms with Crippen molar-refractivity contribution in [2.24, 2.45) is 0 Å². The van der Waals surface area contributed by atoms with Gasteiger partial charge < -0.3 is 16.0 Å². The minimum absolute atomic E-state index is 0.0514. The molecule has 6 heteroatoms. The first-order valence-corrected chi connectivity index (χ1v) is 6.50. The van der Waals surface area contributed by atoms with E-state index in [0.29, 0.717) is 18.2 Å². The molecule has 0 fully saturated rings. The number of rotatable bonds is 5. The van der Waals surface area contributed by atoms with E-state index < -0.39 is 0 Å². The van der Waals surface area contributed by atoms with Gasteiger partial charge in [-0.25, -0.2) is 9.97 Å². The van der Waals surface area contributed by atoms with Crippen LogP contribution in [-0.4, -0.2) is 36.0 Å². The number of hydrogen-bond acceptors (Lipinski definition) is 5. The molecule has 0 unspecified atom stereocenters. The highest BCUT2D eigenvalue weighted by atomic mass is 16.1. The van der Waals surface area contributed by atoms with E-state index in [2.05, 4.69) is 15.3 Å². The highest BCUT2D eigenvalue weighted by Crippen LogP contribution is 2.24. The Bertz CT molecular complexity index is 459. The normalized spacial score (nSPS) is 10.6. The molecule has 106 valence electrons. The number of nitrogens with two attached hydrogens (primary N) is 1. The summed E-state index contributed by atoms with van der Waals surface area (Å²) in [5.41, 5.74) is 6.75. The number of hydrogen-bond donors (Lipinski definition) is 2. The van der Waals surface area contributed by atoms with Crippen LogP contribution in [-0.2, 0) is 4.79 Å². The third-order valence-electron chi connectivity index (χ3n) is 2.99. The second-order valence-electron chi connectivity index (χ2n) is 4.76. The monoisotopic (exact) mass is 265 g/mol. The Kier molecular flexibility index (Phi) is 5.09. The highest BCUT2D eigenvalue weighted by molar-refractivity contribution is 5.81. The number of nitrogens with one attached hydrogen (secondary N) is 1. The smallest absolute Gasteiger partial charge is 0.239 e. The molecule has 0 saturated heterocycles. The third kappa shape index (κ3) is 3.56. The van der Waals surface area contributed by atoms with Gasteiger partial charge in [-0.05, 0) is 13.8 Å². The van der Waals surface area contributed by atoms with Crippen molar-refractivity contribution in [3.05, 3.63) is 11.4 Å². The molecule has 19 heavy (non-hydrogen) atoms. The lowest BCUT2D eigenvalue weighted by Crippen LogP contribution is -2.36. The summed E-state index contributed by atoms with van der Waals surface area (Å²) in [7, 11) is 1.62. The van der Waals surface area contributed by atoms with E-state index in [1.165, 1.54) is 0 Å². The fourth-order valence-corrected chi connectivity index (χ4v) is 1.69. The van der Waals surface area contributed by atoms with E-state index in [9.17, 15) is 4.79 Å². The number of aromatic nitrogens is 2. The summed E-state index contributed by atoms with van der Waals surface area (Å²) in [6, 6.07) is 0. The molecule has 0 aliphatic heterocycles. The molecular formula is C13H23N5O. The quantitative estimate of drug-likeness (QED) is 0.831. The van der Waals surface area contributed by atoms with Crippen molar-refractivity contribution >= 4 is 17.5 Å². The maximum atomic E-state index is 11.5. The largest absolute Gasteiger partial charge is 0.383 e. The Labute approximate surface area is 114 Å². The van der Waals surface area contributed by atoms with Crippen LogP contribution in [0.1, 0.15) is 38.1 Å². The molecule has 3 N–H and O–H groups in total. The number of nitrogens with zero attached hydrogens (tertiary/aromatic N) is 3. The Hall–Kier alpha value is -1.85. The number of nitrogen functional groups attached to an aromatic ring is 1. The van der Waals surface area contributed by atoms with Crippen molar-refractivity contribution < 1.29 is 4.79 Å². The average molecular weight is 265 g/mol. The molecule has 0 radical (unpaired) electrons. The molecule has 1 aromatic heterocycles. The van der Waals surface area contributed by atoms with Crippen molar-refractivity contribution in [2.75, 3.05) is 30.8 Å². The highest BCUT2D eigenvalue weighted by Gasteiger charge is 2.17. The minimum atomic E-state index is -0.0514. The molecule has 1 heterocycles. The van der Waals surface area contributed by atoms with Crippen LogP contribution in [0.15, 0.2) is 0 Å². The molecule has 0 atom stereocenters. The van der Waals surface area contributed by atoms with Crippen LogP contribution >= 0.6 is 0 Å². The molecule has 0 spiro atoms. The van der Waals surface area contributed by atoms with Crippen LogP contribution < -0.4 is 16.0 Å². The molecule has 0 aliphatic carbocycles. The predicted molar refractivity (Wildman–Crippen MR) is 77.2 cm³/mol. The minimum Gasteiger partial charge on any atom is -0.383 e. The first-order valence-electron chi connectivity index (χ1n) is 6.50. The van der Waals surface area contributed by atoms with Gasteiger partial charge in [0.1, 0.15) is 17.5 Å². The molecular weight excluding hydrogens is 242 g/mol. The summed E-state index contributed by atoms with van der Waals surface area (Å²) >= 11 is 0. The number of anilines is 2. The molecule has 1 amide bonds. The Balaban J connectivity index is 3.18. The summed E-state index contributed by atoms with van der Waals surface area (Å²) in [5.74, 6) is 2.06. The van der Waals surface area contributed by atoms with Gasteiger partial charge in [0.15, 0.2) is 0 Å². The van der Waals surface area contributed by atoms with Crippen molar-refractivity contribution in [3.63, 3.8) is 0 Å². The Morgan fingerprint density at radius 2 is 2.05 bits per heavy atom. The maximum Gasteiger partial charge on any atom is 0.239 e. The molecule has 1 aromatic rings. The summed E-state index contributed by atoms with van der Waals surface area (Å²) in [5, 5.41) is 2.62. The Morgan fingerprint density at radius 1 is 1.42 bits per heavy atom. The summed E-state index contributed by atoms with van der Waals surface area (Å²) in [4.78, 5) is 22.3. The van der Waals surface area contributed by atoms with E-state index in [1.54, 1.807) is 7.05 Å². The maximum absolute atomic E-state index is 11.5. The summed E-state index contributed by atoms with van der Waals surface area (Å²) in [6.07, 6.45) is 0. The molecule has 0 aliphatic rings. The van der Waals surface area contributed by atoms with E-state index in [0.717, 1.165) is 11.4 Å². The second-order valence-corrected chi connectivity index (χ2v) is 4.76. The fourth-order valence-electron chi connectivity index (χ4n) is 1.69. The Morgan fingerprint density at radius 3 is 2.53 bits per heavy atom. The van der Waals surface area contributed by atoms with Gasteiger partial charge in [-0.2, -0.15) is 0 Å². The van der Waals surface area contributed by atoms with E-state index in [1.807, 2.05) is 32.6 Å². The molecule has 6 nitrogen and oxygen atoms in total. The standard InChI is InChI=1S/C13H23N5O/c1-6-18(7-10(19)15-5)13-9(4)11(14)16-12(17-13)8(2)3/h8H,6-7H2,1-5H3,(H,15,19)(H2,14,16,17). The lowest BCUT2D eigenvalue weighted by Gasteiger charge is -2.24. The lowest BCUT2D eigenvalue weighted by molar-refractivity contribution is -0.119. The SMILES string of the molecule is CCN(CC(=O)NC)c1nc(C(C)C)nc(N)c1C. The van der Waals surface area contributed by atoms with Gasteiger partial charge in [-0.1, -0.05) is 13.8 Å². The van der Waals surface area contributed by atoms with Gasteiger partial charge in [-0.3, -0.25) is 4.79 Å². The van der Waals surface area contributed by atoms with Gasteiger partial charge in [0.05, 0.1) is 6.54 Å². The van der Waals surface area contributed by atoms with Crippen LogP contribution in [0, 0.1) is 6.92 Å². The lowest BCUT2D eigenvalue weighted by atomic mass is 10.2. The molecule has 0 bridgehead atoms. The molecule has 1 rings (SSSR count). The third-order valence-corrected chi connectivity index (χ3v) is 2.99. The fraction of sp³-hybridized carbons (Fsp3) is 0.615. The predicted octanol–water partition coefficient (Wildman–Crippen LogP) is 1.06. The van der Waals surface area contributed by atoms with E-state index in [4.69, 9.17) is 5.73 Å². The van der Waals surface area contributed by atoms with Gasteiger partial charge in [0.2, 0.25) is 5.91 Å². The van der Waals surface area contributed by atoms with Crippen molar-refractivity contribution in [2.45, 2.75) is 33.6 Å². The zero-order valence-electron chi connectivity index (χ0n) is 12.3. The second kappa shape index (κ2) is 6.36. The van der Waals surface area contributed by atoms with E-state index >= 15 is 0 Å². The van der Waals surface area contributed by atoms with E-state index in [-0.39, 0.29) is 18.4 Å². The van der Waals surface area contributed by atoms with Crippen molar-refractivity contribution in [1.82, 2.24) is 15.3 Å². The van der Waals surface area contributed by atoms with Crippen LogP contribution in [0.3, 0.4) is 0 Å². The van der Waals surface area contributed by atoms with Gasteiger partial charge in [-0.15, -0.1) is 0 Å². The zero-order valence-corrected chi connectivity index (χ0v) is 12.3. The van der Waals surface area contributed by atoms with Gasteiger partial charge >= 0.3 is 0 Å². The van der Waals surface area contributed by atoms with Gasteiger partial charge in [0.25, 0.3) is 0 Å². The molecule has 0 saturated carbocycles. The summed E-state index contributed by atoms with van der Waals surface area (Å²) in [6.45, 7) is 8.84. The van der Waals surface area contributed by atoms with Crippen LogP contribution in [0.4, 0.5) is 11.6 Å². The van der Waals surface area contributed by atoms with Crippen LogP contribution in [0.2, 0.25) is 0 Å². The zero-order chi connectivity index (χ0) is 14.6. The summed E-state index contributed by atoms with van der Waals surface area (Å²) < 4.78 is 0. The van der Waals surface area contributed by atoms with Crippen molar-refractivity contribution in [3.8, 4) is 0 Å². The molecule has 0 aromatic carbocycles. The first-order chi connectivity index (χ1) is 8.90. The van der Waals surface area contributed by atoms with Gasteiger partial charge in [0, 0.05) is 25.1 Å². The number of amides is 1. The van der Waals surface area contributed by atoms with Crippen molar-refractivity contribution in [1.29, 1.82) is 0 Å². The number of carbonyl (C=O) groups is 1.